The van der Waals surface area contributed by atoms with E-state index in [4.69, 9.17) is 9.47 Å². The molecule has 1 aromatic heterocycles. The number of hydrogen-bond donors (Lipinski definition) is 2. The normalized spacial score (nSPS) is 23.0. The Morgan fingerprint density at radius 3 is 2.65 bits per heavy atom. The number of pyridine rings is 1. The van der Waals surface area contributed by atoms with Gasteiger partial charge in [-0.25, -0.2) is 4.79 Å². The van der Waals surface area contributed by atoms with E-state index in [0.29, 0.717) is 6.54 Å². The Balaban J connectivity index is 1.46. The first-order chi connectivity index (χ1) is 11.0. The fraction of sp³-hybridized carbons (Fsp3) is 0.647. The predicted octanol–water partition coefficient (Wildman–Crippen LogP) is 2.55. The molecule has 6 heteroatoms. The van der Waals surface area contributed by atoms with Crippen molar-refractivity contribution < 1.29 is 14.3 Å². The molecule has 1 spiro atoms. The van der Waals surface area contributed by atoms with Gasteiger partial charge in [0.15, 0.2) is 0 Å². The van der Waals surface area contributed by atoms with Crippen LogP contribution in [0, 0.1) is 13.8 Å². The lowest BCUT2D eigenvalue weighted by atomic mass is 9.91. The first-order valence-corrected chi connectivity index (χ1v) is 8.30. The second-order valence-corrected chi connectivity index (χ2v) is 6.55. The molecular weight excluding hydrogens is 294 g/mol. The molecule has 2 fully saturated rings. The van der Waals surface area contributed by atoms with Crippen molar-refractivity contribution in [2.75, 3.05) is 25.1 Å². The number of aromatic nitrogens is 1. The fourth-order valence-electron chi connectivity index (χ4n) is 3.44. The molecule has 23 heavy (non-hydrogen) atoms. The summed E-state index contributed by atoms with van der Waals surface area (Å²) in [5.41, 5.74) is 2.53. The molecule has 2 amide bonds. The highest BCUT2D eigenvalue weighted by molar-refractivity contribution is 5.89. The number of hydrogen-bond acceptors (Lipinski definition) is 4. The first kappa shape index (κ1) is 16.2. The molecule has 2 saturated heterocycles. The van der Waals surface area contributed by atoms with Crippen molar-refractivity contribution in [1.82, 2.24) is 10.3 Å². The quantitative estimate of drug-likeness (QED) is 0.898. The molecule has 3 rings (SSSR count). The molecule has 2 aliphatic rings. The molecule has 0 saturated carbocycles. The van der Waals surface area contributed by atoms with Gasteiger partial charge in [-0.1, -0.05) is 0 Å². The van der Waals surface area contributed by atoms with Gasteiger partial charge >= 0.3 is 6.03 Å². The number of ether oxygens (including phenoxy) is 2. The second-order valence-electron chi connectivity index (χ2n) is 6.55. The third-order valence-corrected chi connectivity index (χ3v) is 4.57. The number of anilines is 1. The third kappa shape index (κ3) is 4.20. The molecule has 126 valence electrons. The summed E-state index contributed by atoms with van der Waals surface area (Å²) in [5, 5.41) is 5.76. The van der Waals surface area contributed by atoms with Crippen molar-refractivity contribution in [3.63, 3.8) is 0 Å². The van der Waals surface area contributed by atoms with Crippen molar-refractivity contribution >= 4 is 11.7 Å². The zero-order valence-electron chi connectivity index (χ0n) is 13.9. The maximum absolute atomic E-state index is 12.0. The van der Waals surface area contributed by atoms with Crippen LogP contribution in [0.15, 0.2) is 12.1 Å². The molecule has 3 heterocycles. The van der Waals surface area contributed by atoms with Gasteiger partial charge in [-0.05, 0) is 51.7 Å². The zero-order chi connectivity index (χ0) is 16.3. The van der Waals surface area contributed by atoms with Crippen molar-refractivity contribution in [1.29, 1.82) is 0 Å². The van der Waals surface area contributed by atoms with Gasteiger partial charge in [0.05, 0.1) is 11.7 Å². The Bertz CT molecular complexity index is 550. The summed E-state index contributed by atoms with van der Waals surface area (Å²) in [6.07, 6.45) is 4.08. The van der Waals surface area contributed by atoms with Crippen LogP contribution in [0.4, 0.5) is 10.5 Å². The van der Waals surface area contributed by atoms with Crippen molar-refractivity contribution in [3.05, 3.63) is 23.5 Å². The van der Waals surface area contributed by atoms with Gasteiger partial charge < -0.3 is 20.1 Å². The van der Waals surface area contributed by atoms with Gasteiger partial charge in [-0.15, -0.1) is 0 Å². The predicted molar refractivity (Wildman–Crippen MR) is 87.6 cm³/mol. The summed E-state index contributed by atoms with van der Waals surface area (Å²) in [4.78, 5) is 16.3. The highest BCUT2D eigenvalue weighted by Crippen LogP contribution is 2.37. The monoisotopic (exact) mass is 319 g/mol. The number of amides is 2. The Hall–Kier alpha value is -1.66. The molecule has 1 atom stereocenters. The van der Waals surface area contributed by atoms with Crippen LogP contribution in [0.25, 0.3) is 0 Å². The van der Waals surface area contributed by atoms with E-state index in [2.05, 4.69) is 15.6 Å². The molecule has 6 nitrogen and oxygen atoms in total. The number of aryl methyl sites for hydroxylation is 2. The second kappa shape index (κ2) is 6.84. The van der Waals surface area contributed by atoms with Crippen molar-refractivity contribution in [2.24, 2.45) is 0 Å². The molecule has 0 aliphatic carbocycles. The molecule has 0 radical (unpaired) electrons. The van der Waals surface area contributed by atoms with E-state index in [9.17, 15) is 4.79 Å². The third-order valence-electron chi connectivity index (χ3n) is 4.57. The molecule has 2 N–H and O–H groups in total. The lowest BCUT2D eigenvalue weighted by molar-refractivity contribution is -0.101. The highest BCUT2D eigenvalue weighted by Gasteiger charge is 2.41. The molecule has 0 aromatic carbocycles. The van der Waals surface area contributed by atoms with Crippen LogP contribution in [0.3, 0.4) is 0 Å². The number of nitrogens with one attached hydrogen (secondary N) is 2. The molecular formula is C17H25N3O3. The van der Waals surface area contributed by atoms with E-state index in [1.54, 1.807) is 0 Å². The Kier molecular flexibility index (Phi) is 4.82. The summed E-state index contributed by atoms with van der Waals surface area (Å²) >= 11 is 0. The van der Waals surface area contributed by atoms with Gasteiger partial charge in [0.2, 0.25) is 0 Å². The average molecular weight is 319 g/mol. The SMILES string of the molecule is Cc1cc(NC(=O)NCC2CCC3(CCOCC3)O2)cc(C)n1. The Labute approximate surface area is 137 Å². The van der Waals surface area contributed by atoms with Crippen molar-refractivity contribution in [3.8, 4) is 0 Å². The Morgan fingerprint density at radius 2 is 1.96 bits per heavy atom. The van der Waals surface area contributed by atoms with Crippen LogP contribution >= 0.6 is 0 Å². The van der Waals surface area contributed by atoms with Gasteiger partial charge in [-0.3, -0.25) is 4.98 Å². The molecule has 1 aromatic rings. The smallest absolute Gasteiger partial charge is 0.319 e. The van der Waals surface area contributed by atoms with Crippen LogP contribution < -0.4 is 10.6 Å². The summed E-state index contributed by atoms with van der Waals surface area (Å²) in [6, 6.07) is 3.51. The summed E-state index contributed by atoms with van der Waals surface area (Å²) in [6.45, 7) is 5.92. The Morgan fingerprint density at radius 1 is 1.26 bits per heavy atom. The molecule has 2 aliphatic heterocycles. The van der Waals surface area contributed by atoms with Crippen LogP contribution in [0.1, 0.15) is 37.1 Å². The van der Waals surface area contributed by atoms with Crippen molar-refractivity contribution in [2.45, 2.75) is 51.2 Å². The van der Waals surface area contributed by atoms with E-state index in [1.165, 1.54) is 0 Å². The number of carbonyl (C=O) groups is 1. The first-order valence-electron chi connectivity index (χ1n) is 8.30. The molecule has 1 unspecified atom stereocenters. The number of carbonyl (C=O) groups excluding carboxylic acids is 1. The lowest BCUT2D eigenvalue weighted by Gasteiger charge is -2.33. The summed E-state index contributed by atoms with van der Waals surface area (Å²) in [7, 11) is 0. The summed E-state index contributed by atoms with van der Waals surface area (Å²) in [5.74, 6) is 0. The maximum Gasteiger partial charge on any atom is 0.319 e. The van der Waals surface area contributed by atoms with Crippen LogP contribution in [0.5, 0.6) is 0 Å². The number of rotatable bonds is 3. The van der Waals surface area contributed by atoms with Gasteiger partial charge in [0.25, 0.3) is 0 Å². The van der Waals surface area contributed by atoms with Crippen LogP contribution in [0.2, 0.25) is 0 Å². The van der Waals surface area contributed by atoms with Gasteiger partial charge in [-0.2, -0.15) is 0 Å². The maximum atomic E-state index is 12.0. The summed E-state index contributed by atoms with van der Waals surface area (Å²) < 4.78 is 11.6. The largest absolute Gasteiger partial charge is 0.381 e. The topological polar surface area (TPSA) is 72.5 Å². The lowest BCUT2D eigenvalue weighted by Crippen LogP contribution is -2.39. The van der Waals surface area contributed by atoms with E-state index in [1.807, 2.05) is 26.0 Å². The minimum atomic E-state index is -0.202. The number of nitrogens with zero attached hydrogens (tertiary/aromatic N) is 1. The molecule has 0 bridgehead atoms. The highest BCUT2D eigenvalue weighted by atomic mass is 16.5. The van der Waals surface area contributed by atoms with Gasteiger partial charge in [0.1, 0.15) is 0 Å². The van der Waals surface area contributed by atoms with Crippen LogP contribution in [-0.4, -0.2) is 42.5 Å². The van der Waals surface area contributed by atoms with Crippen LogP contribution in [-0.2, 0) is 9.47 Å². The average Bonchev–Trinajstić information content (AvgIpc) is 2.87. The van der Waals surface area contributed by atoms with E-state index >= 15 is 0 Å². The van der Waals surface area contributed by atoms with E-state index < -0.39 is 0 Å². The van der Waals surface area contributed by atoms with E-state index in [-0.39, 0.29) is 17.7 Å². The van der Waals surface area contributed by atoms with E-state index in [0.717, 1.165) is 56.0 Å². The fourth-order valence-corrected chi connectivity index (χ4v) is 3.44. The van der Waals surface area contributed by atoms with Gasteiger partial charge in [0, 0.05) is 36.8 Å². The number of urea groups is 1. The minimum Gasteiger partial charge on any atom is -0.381 e. The minimum absolute atomic E-state index is 0.0135. The zero-order valence-corrected chi connectivity index (χ0v) is 13.9. The standard InChI is InChI=1S/C17H25N3O3/c1-12-9-14(10-13(2)19-12)20-16(21)18-11-15-3-4-17(23-15)5-7-22-8-6-17/h9-10,15H,3-8,11H2,1-2H3,(H2,18,19,20,21).